The number of benzene rings is 1. The highest BCUT2D eigenvalue weighted by Crippen LogP contribution is 2.23. The molecule has 0 aliphatic carbocycles. The number of rotatable bonds is 4. The van der Waals surface area contributed by atoms with Gasteiger partial charge in [-0.25, -0.2) is 4.79 Å². The summed E-state index contributed by atoms with van der Waals surface area (Å²) in [5, 5.41) is 19.0. The number of aromatic nitrogens is 4. The minimum Gasteiger partial charge on any atom is -0.341 e. The van der Waals surface area contributed by atoms with Crippen molar-refractivity contribution >= 4 is 17.1 Å². The van der Waals surface area contributed by atoms with E-state index in [4.69, 9.17) is 5.73 Å². The molecule has 172 valence electrons. The summed E-state index contributed by atoms with van der Waals surface area (Å²) in [6, 6.07) is 8.79. The quantitative estimate of drug-likeness (QED) is 0.568. The standard InChI is InChI=1S/C24H24N8O2/c1-3-4-11-31-20-21(28-23(31)30-10-6-9-18(27)14-30)29(2)24(34)32(22(20)33)15-19-16(12-25)7-5-8-17(19)13-26/h5,7-8,18H,6,9-11,14-15,27H2,1-2H3/t18-/m1/s1. The number of fused-ring (bicyclic) bond motifs is 1. The van der Waals surface area contributed by atoms with E-state index in [-0.39, 0.29) is 41.4 Å². The van der Waals surface area contributed by atoms with Gasteiger partial charge in [0.15, 0.2) is 11.2 Å². The smallest absolute Gasteiger partial charge is 0.332 e. The van der Waals surface area contributed by atoms with Crippen LogP contribution in [0.15, 0.2) is 27.8 Å². The van der Waals surface area contributed by atoms with Crippen LogP contribution >= 0.6 is 0 Å². The first-order chi connectivity index (χ1) is 16.4. The van der Waals surface area contributed by atoms with E-state index in [0.29, 0.717) is 18.1 Å². The van der Waals surface area contributed by atoms with E-state index < -0.39 is 11.2 Å². The van der Waals surface area contributed by atoms with Gasteiger partial charge in [-0.15, -0.1) is 5.92 Å². The first kappa shape index (κ1) is 22.8. The fourth-order valence-corrected chi connectivity index (χ4v) is 4.37. The van der Waals surface area contributed by atoms with Crippen LogP contribution in [0.2, 0.25) is 0 Å². The molecule has 10 heteroatoms. The van der Waals surface area contributed by atoms with Crippen LogP contribution in [0.3, 0.4) is 0 Å². The molecule has 2 aromatic heterocycles. The molecule has 10 nitrogen and oxygen atoms in total. The number of hydrogen-bond acceptors (Lipinski definition) is 7. The van der Waals surface area contributed by atoms with Crippen LogP contribution in [0.5, 0.6) is 0 Å². The topological polar surface area (TPSA) is 139 Å². The van der Waals surface area contributed by atoms with Crippen LogP contribution in [-0.4, -0.2) is 37.8 Å². The lowest BCUT2D eigenvalue weighted by Gasteiger charge is -2.31. The van der Waals surface area contributed by atoms with Crippen molar-refractivity contribution in [3.8, 4) is 24.0 Å². The highest BCUT2D eigenvalue weighted by Gasteiger charge is 2.26. The number of nitrogens with zero attached hydrogens (tertiary/aromatic N) is 7. The third-order valence-electron chi connectivity index (χ3n) is 6.10. The van der Waals surface area contributed by atoms with Crippen LogP contribution < -0.4 is 21.9 Å². The third kappa shape index (κ3) is 3.83. The minimum absolute atomic E-state index is 0.00775. The molecule has 1 aromatic carbocycles. The second kappa shape index (κ2) is 9.27. The summed E-state index contributed by atoms with van der Waals surface area (Å²) in [7, 11) is 1.55. The van der Waals surface area contributed by atoms with Crippen molar-refractivity contribution < 1.29 is 0 Å². The Kier molecular flexibility index (Phi) is 6.23. The number of nitrogens with two attached hydrogens (primary N) is 1. The van der Waals surface area contributed by atoms with Gasteiger partial charge in [0, 0.05) is 31.7 Å². The Bertz CT molecular complexity index is 1500. The van der Waals surface area contributed by atoms with E-state index in [1.165, 1.54) is 4.57 Å². The molecule has 0 spiro atoms. The Morgan fingerprint density at radius 2 is 1.88 bits per heavy atom. The summed E-state index contributed by atoms with van der Waals surface area (Å²) in [5.41, 5.74) is 6.35. The van der Waals surface area contributed by atoms with Gasteiger partial charge in [-0.1, -0.05) is 12.0 Å². The van der Waals surface area contributed by atoms with Gasteiger partial charge in [-0.05, 0) is 31.9 Å². The van der Waals surface area contributed by atoms with Crippen molar-refractivity contribution in [2.45, 2.75) is 38.9 Å². The Morgan fingerprint density at radius 3 is 2.50 bits per heavy atom. The van der Waals surface area contributed by atoms with Crippen molar-refractivity contribution in [2.75, 3.05) is 18.0 Å². The van der Waals surface area contributed by atoms with E-state index in [9.17, 15) is 20.1 Å². The predicted molar refractivity (Wildman–Crippen MR) is 127 cm³/mol. The van der Waals surface area contributed by atoms with Crippen LogP contribution in [-0.2, 0) is 20.1 Å². The van der Waals surface area contributed by atoms with Gasteiger partial charge in [0.2, 0.25) is 5.95 Å². The average molecular weight is 457 g/mol. The van der Waals surface area contributed by atoms with Crippen LogP contribution in [0.4, 0.5) is 5.95 Å². The summed E-state index contributed by atoms with van der Waals surface area (Å²) in [5.74, 6) is 6.39. The number of imidazole rings is 1. The zero-order valence-corrected chi connectivity index (χ0v) is 19.1. The first-order valence-electron chi connectivity index (χ1n) is 10.9. The molecule has 0 amide bonds. The number of nitriles is 2. The van der Waals surface area contributed by atoms with E-state index in [2.05, 4.69) is 16.8 Å². The molecule has 1 atom stereocenters. The number of hydrogen-bond donors (Lipinski definition) is 1. The molecule has 1 aliphatic heterocycles. The molecule has 1 aliphatic rings. The summed E-state index contributed by atoms with van der Waals surface area (Å²) < 4.78 is 4.09. The minimum atomic E-state index is -0.581. The maximum Gasteiger partial charge on any atom is 0.332 e. The molecular formula is C24H24N8O2. The lowest BCUT2D eigenvalue weighted by molar-refractivity contribution is 0.496. The summed E-state index contributed by atoms with van der Waals surface area (Å²) in [4.78, 5) is 33.6. The van der Waals surface area contributed by atoms with E-state index in [0.717, 1.165) is 24.0 Å². The molecule has 3 heterocycles. The zero-order valence-electron chi connectivity index (χ0n) is 19.1. The molecular weight excluding hydrogens is 432 g/mol. The Morgan fingerprint density at radius 1 is 1.18 bits per heavy atom. The van der Waals surface area contributed by atoms with Crippen LogP contribution in [0.1, 0.15) is 36.5 Å². The molecule has 1 fully saturated rings. The van der Waals surface area contributed by atoms with Crippen LogP contribution in [0, 0.1) is 34.5 Å². The number of piperidine rings is 1. The van der Waals surface area contributed by atoms with E-state index >= 15 is 0 Å². The van der Waals surface area contributed by atoms with Crippen molar-refractivity contribution in [1.82, 2.24) is 18.7 Å². The Labute approximate surface area is 196 Å². The fraction of sp³-hybridized carbons (Fsp3) is 0.375. The van der Waals surface area contributed by atoms with Gasteiger partial charge in [0.1, 0.15) is 0 Å². The molecule has 0 unspecified atom stereocenters. The molecule has 1 saturated heterocycles. The van der Waals surface area contributed by atoms with Crippen molar-refractivity contribution in [3.05, 3.63) is 55.7 Å². The second-order valence-corrected chi connectivity index (χ2v) is 8.23. The monoisotopic (exact) mass is 456 g/mol. The molecule has 0 bridgehead atoms. The van der Waals surface area contributed by atoms with Gasteiger partial charge >= 0.3 is 5.69 Å². The Balaban J connectivity index is 1.97. The predicted octanol–water partition coefficient (Wildman–Crippen LogP) is 0.639. The van der Waals surface area contributed by atoms with Gasteiger partial charge < -0.3 is 10.6 Å². The van der Waals surface area contributed by atoms with Crippen molar-refractivity contribution in [2.24, 2.45) is 12.8 Å². The first-order valence-corrected chi connectivity index (χ1v) is 10.9. The maximum absolute atomic E-state index is 13.7. The molecule has 3 aromatic rings. The van der Waals surface area contributed by atoms with Gasteiger partial charge in [-0.3, -0.25) is 18.5 Å². The number of anilines is 1. The average Bonchev–Trinajstić information content (AvgIpc) is 3.23. The van der Waals surface area contributed by atoms with Gasteiger partial charge in [0.05, 0.1) is 36.4 Å². The molecule has 0 saturated carbocycles. The molecule has 4 rings (SSSR count). The van der Waals surface area contributed by atoms with Crippen molar-refractivity contribution in [3.63, 3.8) is 0 Å². The normalized spacial score (nSPS) is 15.4. The lowest BCUT2D eigenvalue weighted by atomic mass is 10.0. The highest BCUT2D eigenvalue weighted by molar-refractivity contribution is 5.75. The van der Waals surface area contributed by atoms with Crippen LogP contribution in [0.25, 0.3) is 11.2 Å². The SMILES string of the molecule is CC#CCn1c(N2CCC[C@@H](N)C2)nc2c1c(=O)n(Cc1c(C#N)cccc1C#N)c(=O)n2C. The fourth-order valence-electron chi connectivity index (χ4n) is 4.37. The summed E-state index contributed by atoms with van der Waals surface area (Å²) >= 11 is 0. The highest BCUT2D eigenvalue weighted by atomic mass is 16.2. The number of aryl methyl sites for hydroxylation is 1. The molecule has 34 heavy (non-hydrogen) atoms. The molecule has 0 radical (unpaired) electrons. The zero-order chi connectivity index (χ0) is 24.4. The summed E-state index contributed by atoms with van der Waals surface area (Å²) in [6.45, 7) is 3.06. The third-order valence-corrected chi connectivity index (χ3v) is 6.10. The van der Waals surface area contributed by atoms with Gasteiger partial charge in [-0.2, -0.15) is 15.5 Å². The molecule has 2 N–H and O–H groups in total. The van der Waals surface area contributed by atoms with Gasteiger partial charge in [0.25, 0.3) is 5.56 Å². The van der Waals surface area contributed by atoms with E-state index in [1.54, 1.807) is 36.7 Å². The largest absolute Gasteiger partial charge is 0.341 e. The summed E-state index contributed by atoms with van der Waals surface area (Å²) in [6.07, 6.45) is 1.81. The second-order valence-electron chi connectivity index (χ2n) is 8.23. The Hall–Kier alpha value is -4.33. The lowest BCUT2D eigenvalue weighted by Crippen LogP contribution is -2.44. The maximum atomic E-state index is 13.7. The van der Waals surface area contributed by atoms with E-state index in [1.807, 2.05) is 17.0 Å². The van der Waals surface area contributed by atoms with Crippen molar-refractivity contribution in [1.29, 1.82) is 10.5 Å².